The van der Waals surface area contributed by atoms with Crippen LogP contribution in [0, 0.1) is 0 Å². The lowest BCUT2D eigenvalue weighted by atomic mass is 10.1. The largest absolute Gasteiger partial charge is 0.354 e. The molecule has 0 spiro atoms. The van der Waals surface area contributed by atoms with Gasteiger partial charge >= 0.3 is 0 Å². The van der Waals surface area contributed by atoms with Crippen LogP contribution in [0.2, 0.25) is 0 Å². The van der Waals surface area contributed by atoms with E-state index in [0.717, 1.165) is 37.4 Å². The van der Waals surface area contributed by atoms with Crippen molar-refractivity contribution in [3.63, 3.8) is 0 Å². The predicted molar refractivity (Wildman–Crippen MR) is 75.2 cm³/mol. The molecule has 2 heterocycles. The summed E-state index contributed by atoms with van der Waals surface area (Å²) in [5, 5.41) is 8.90. The summed E-state index contributed by atoms with van der Waals surface area (Å²) in [4.78, 5) is 23.3. The molecule has 3 N–H and O–H groups in total. The Morgan fingerprint density at radius 3 is 2.94 bits per heavy atom. The van der Waals surface area contributed by atoms with Crippen LogP contribution in [0.15, 0.2) is 0 Å². The Balaban J connectivity index is 0.00000162. The van der Waals surface area contributed by atoms with Crippen molar-refractivity contribution in [3.8, 4) is 0 Å². The number of piperidine rings is 1. The number of hydrogen-bond acceptors (Lipinski definition) is 4. The SMILES string of the molecule is Cl.O=C(CC1CSCCN1)NC1CCCNC1=O. The van der Waals surface area contributed by atoms with Crippen LogP contribution in [-0.4, -0.2) is 48.5 Å². The van der Waals surface area contributed by atoms with Gasteiger partial charge in [0.05, 0.1) is 0 Å². The van der Waals surface area contributed by atoms with Gasteiger partial charge in [-0.1, -0.05) is 0 Å². The van der Waals surface area contributed by atoms with Crippen molar-refractivity contribution in [2.45, 2.75) is 31.3 Å². The Bertz CT molecular complexity index is 298. The summed E-state index contributed by atoms with van der Waals surface area (Å²) >= 11 is 1.87. The first kappa shape index (κ1) is 15.6. The van der Waals surface area contributed by atoms with Gasteiger partial charge in [-0.3, -0.25) is 9.59 Å². The van der Waals surface area contributed by atoms with Gasteiger partial charge in [-0.15, -0.1) is 12.4 Å². The van der Waals surface area contributed by atoms with E-state index < -0.39 is 0 Å². The maximum Gasteiger partial charge on any atom is 0.242 e. The Morgan fingerprint density at radius 2 is 2.28 bits per heavy atom. The van der Waals surface area contributed by atoms with Crippen molar-refractivity contribution >= 4 is 36.0 Å². The Kier molecular flexibility index (Phi) is 6.81. The van der Waals surface area contributed by atoms with Gasteiger partial charge in [0.2, 0.25) is 11.8 Å². The third-order valence-corrected chi connectivity index (χ3v) is 4.18. The minimum atomic E-state index is -0.326. The molecule has 2 aliphatic rings. The summed E-state index contributed by atoms with van der Waals surface area (Å²) in [7, 11) is 0. The van der Waals surface area contributed by atoms with E-state index in [9.17, 15) is 9.59 Å². The van der Waals surface area contributed by atoms with Crippen LogP contribution in [0.4, 0.5) is 0 Å². The van der Waals surface area contributed by atoms with Gasteiger partial charge in [-0.05, 0) is 12.8 Å². The second-order valence-corrected chi connectivity index (χ2v) is 5.63. The number of halogens is 1. The minimum Gasteiger partial charge on any atom is -0.354 e. The van der Waals surface area contributed by atoms with E-state index in [1.54, 1.807) is 0 Å². The summed E-state index contributed by atoms with van der Waals surface area (Å²) in [6.45, 7) is 1.69. The van der Waals surface area contributed by atoms with Gasteiger partial charge in [-0.25, -0.2) is 0 Å². The molecule has 7 heteroatoms. The summed E-state index contributed by atoms with van der Waals surface area (Å²) in [5.41, 5.74) is 0. The Hall–Kier alpha value is -0.460. The monoisotopic (exact) mass is 293 g/mol. The number of nitrogens with one attached hydrogen (secondary N) is 3. The highest BCUT2D eigenvalue weighted by molar-refractivity contribution is 7.99. The van der Waals surface area contributed by atoms with Gasteiger partial charge in [0.15, 0.2) is 0 Å². The molecular weight excluding hydrogens is 274 g/mol. The van der Waals surface area contributed by atoms with Crippen LogP contribution in [0.5, 0.6) is 0 Å². The molecule has 2 aliphatic heterocycles. The smallest absolute Gasteiger partial charge is 0.242 e. The number of amides is 2. The topological polar surface area (TPSA) is 70.2 Å². The van der Waals surface area contributed by atoms with E-state index in [-0.39, 0.29) is 36.3 Å². The molecule has 0 bridgehead atoms. The zero-order chi connectivity index (χ0) is 12.1. The molecule has 2 amide bonds. The van der Waals surface area contributed by atoms with E-state index in [1.807, 2.05) is 11.8 Å². The maximum absolute atomic E-state index is 11.8. The highest BCUT2D eigenvalue weighted by atomic mass is 35.5. The molecule has 18 heavy (non-hydrogen) atoms. The first-order valence-corrected chi connectivity index (χ1v) is 7.29. The second kappa shape index (κ2) is 7.86. The van der Waals surface area contributed by atoms with Crippen LogP contribution < -0.4 is 16.0 Å². The van der Waals surface area contributed by atoms with Crippen LogP contribution >= 0.6 is 24.2 Å². The van der Waals surface area contributed by atoms with Gasteiger partial charge < -0.3 is 16.0 Å². The molecule has 5 nitrogen and oxygen atoms in total. The highest BCUT2D eigenvalue weighted by Gasteiger charge is 2.25. The molecule has 0 radical (unpaired) electrons. The Labute approximate surface area is 118 Å². The van der Waals surface area contributed by atoms with E-state index in [2.05, 4.69) is 16.0 Å². The van der Waals surface area contributed by atoms with Gasteiger partial charge in [0, 0.05) is 37.1 Å². The van der Waals surface area contributed by atoms with Crippen LogP contribution in [0.1, 0.15) is 19.3 Å². The minimum absolute atomic E-state index is 0. The van der Waals surface area contributed by atoms with E-state index in [1.165, 1.54) is 0 Å². The van der Waals surface area contributed by atoms with Gasteiger partial charge in [0.1, 0.15) is 6.04 Å². The standard InChI is InChI=1S/C11H19N3O2S.ClH/c15-10(6-8-7-17-5-4-12-8)14-9-2-1-3-13-11(9)16;/h8-9,12H,1-7H2,(H,13,16)(H,14,15);1H. The molecule has 0 aromatic rings. The lowest BCUT2D eigenvalue weighted by Crippen LogP contribution is -2.51. The summed E-state index contributed by atoms with van der Waals surface area (Å²) in [6, 6.07) is -0.0760. The molecule has 2 atom stereocenters. The van der Waals surface area contributed by atoms with Crippen LogP contribution in [0.25, 0.3) is 0 Å². The lowest BCUT2D eigenvalue weighted by Gasteiger charge is -2.25. The molecular formula is C11H20ClN3O2S. The fourth-order valence-electron chi connectivity index (χ4n) is 2.14. The van der Waals surface area contributed by atoms with Gasteiger partial charge in [0.25, 0.3) is 0 Å². The van der Waals surface area contributed by atoms with Crippen LogP contribution in [-0.2, 0) is 9.59 Å². The van der Waals surface area contributed by atoms with E-state index in [4.69, 9.17) is 0 Å². The molecule has 104 valence electrons. The third-order valence-electron chi connectivity index (χ3n) is 3.05. The molecule has 0 aromatic carbocycles. The number of hydrogen-bond donors (Lipinski definition) is 3. The van der Waals surface area contributed by atoms with Crippen molar-refractivity contribution in [2.75, 3.05) is 24.6 Å². The first-order valence-electron chi connectivity index (χ1n) is 6.14. The summed E-state index contributed by atoms with van der Waals surface area (Å²) < 4.78 is 0. The first-order chi connectivity index (χ1) is 8.25. The molecule has 2 fully saturated rings. The second-order valence-electron chi connectivity index (χ2n) is 4.48. The van der Waals surface area contributed by atoms with E-state index >= 15 is 0 Å². The zero-order valence-electron chi connectivity index (χ0n) is 10.2. The lowest BCUT2D eigenvalue weighted by molar-refractivity contribution is -0.130. The number of carbonyl (C=O) groups excluding carboxylic acids is 2. The van der Waals surface area contributed by atoms with Crippen molar-refractivity contribution < 1.29 is 9.59 Å². The molecule has 2 saturated heterocycles. The molecule has 0 saturated carbocycles. The van der Waals surface area contributed by atoms with Crippen molar-refractivity contribution in [3.05, 3.63) is 0 Å². The fourth-order valence-corrected chi connectivity index (χ4v) is 3.09. The average molecular weight is 294 g/mol. The zero-order valence-corrected chi connectivity index (χ0v) is 11.9. The van der Waals surface area contributed by atoms with Crippen LogP contribution in [0.3, 0.4) is 0 Å². The van der Waals surface area contributed by atoms with Crippen molar-refractivity contribution in [2.24, 2.45) is 0 Å². The summed E-state index contributed by atoms with van der Waals surface area (Å²) in [6.07, 6.45) is 2.16. The quantitative estimate of drug-likeness (QED) is 0.680. The predicted octanol–water partition coefficient (Wildman–Crippen LogP) is -0.102. The van der Waals surface area contributed by atoms with Crippen molar-refractivity contribution in [1.29, 1.82) is 0 Å². The molecule has 2 unspecified atom stereocenters. The number of rotatable bonds is 3. The third kappa shape index (κ3) is 4.66. The number of carbonyl (C=O) groups is 2. The van der Waals surface area contributed by atoms with Gasteiger partial charge in [-0.2, -0.15) is 11.8 Å². The number of thioether (sulfide) groups is 1. The molecule has 2 rings (SSSR count). The molecule has 0 aliphatic carbocycles. The average Bonchev–Trinajstić information content (AvgIpc) is 2.33. The van der Waals surface area contributed by atoms with Crippen molar-refractivity contribution in [1.82, 2.24) is 16.0 Å². The summed E-state index contributed by atoms with van der Waals surface area (Å²) in [5.74, 6) is 2.02. The normalized spacial score (nSPS) is 27.9. The highest BCUT2D eigenvalue weighted by Crippen LogP contribution is 2.10. The maximum atomic E-state index is 11.8. The fraction of sp³-hybridized carbons (Fsp3) is 0.818. The Morgan fingerprint density at radius 1 is 1.44 bits per heavy atom. The van der Waals surface area contributed by atoms with E-state index in [0.29, 0.717) is 6.42 Å². The molecule has 0 aromatic heterocycles.